The van der Waals surface area contributed by atoms with Gasteiger partial charge in [0.15, 0.2) is 0 Å². The van der Waals surface area contributed by atoms with Crippen LogP contribution in [0.25, 0.3) is 0 Å². The maximum Gasteiger partial charge on any atom is 0.416 e. The van der Waals surface area contributed by atoms with Crippen LogP contribution in [0.15, 0.2) is 58.4 Å². The smallest absolute Gasteiger partial charge is 0.341 e. The average Bonchev–Trinajstić information content (AvgIpc) is 3.43. The number of aromatic nitrogens is 1. The molecule has 0 spiro atoms. The van der Waals surface area contributed by atoms with E-state index in [2.05, 4.69) is 20.8 Å². The Labute approximate surface area is 261 Å². The van der Waals surface area contributed by atoms with Crippen LogP contribution in [-0.2, 0) is 32.5 Å². The number of amides is 3. The van der Waals surface area contributed by atoms with Crippen LogP contribution in [0.5, 0.6) is 0 Å². The lowest BCUT2D eigenvalue weighted by Crippen LogP contribution is -2.39. The summed E-state index contributed by atoms with van der Waals surface area (Å²) in [6.07, 6.45) is -1.81. The second-order valence-electron chi connectivity index (χ2n) is 12.5. The van der Waals surface area contributed by atoms with Gasteiger partial charge in [0, 0.05) is 23.9 Å². The minimum atomic E-state index is -4.65. The number of fused-ring (bicyclic) bond motifs is 2. The molecule has 3 aliphatic heterocycles. The summed E-state index contributed by atoms with van der Waals surface area (Å²) in [5, 5.41) is -0.522. The van der Waals surface area contributed by atoms with E-state index in [0.717, 1.165) is 70.5 Å². The molecule has 6 rings (SSSR count). The van der Waals surface area contributed by atoms with Gasteiger partial charge in [-0.05, 0) is 54.0 Å². The summed E-state index contributed by atoms with van der Waals surface area (Å²) in [6, 6.07) is 11.9. The molecule has 0 radical (unpaired) electrons. The molecule has 7 nitrogen and oxygen atoms in total. The summed E-state index contributed by atoms with van der Waals surface area (Å²) < 4.78 is 42.0. The van der Waals surface area contributed by atoms with Crippen LogP contribution >= 0.6 is 23.1 Å². The largest absolute Gasteiger partial charge is 0.416 e. The first-order chi connectivity index (χ1) is 20.8. The lowest BCUT2D eigenvalue weighted by atomic mass is 9.81. The number of hydrogen-bond acceptors (Lipinski definition) is 6. The quantitative estimate of drug-likeness (QED) is 0.325. The zero-order chi connectivity index (χ0) is 31.6. The van der Waals surface area contributed by atoms with Crippen molar-refractivity contribution in [3.05, 3.63) is 79.8 Å². The Kier molecular flexibility index (Phi) is 7.80. The highest BCUT2D eigenvalue weighted by Gasteiger charge is 2.57. The van der Waals surface area contributed by atoms with Gasteiger partial charge in [-0.3, -0.25) is 23.7 Å². The van der Waals surface area contributed by atoms with Gasteiger partial charge in [-0.1, -0.05) is 74.2 Å². The first kappa shape index (κ1) is 30.6. The minimum absolute atomic E-state index is 0.142. The number of alkyl halides is 3. The number of anilines is 1. The van der Waals surface area contributed by atoms with E-state index in [0.29, 0.717) is 23.0 Å². The van der Waals surface area contributed by atoms with Crippen molar-refractivity contribution in [1.82, 2.24) is 9.47 Å². The third kappa shape index (κ3) is 5.40. The molecule has 44 heavy (non-hydrogen) atoms. The number of thioether (sulfide) groups is 1. The number of benzene rings is 2. The zero-order valence-corrected chi connectivity index (χ0v) is 26.2. The molecule has 0 aliphatic carbocycles. The molecule has 2 saturated heterocycles. The van der Waals surface area contributed by atoms with Crippen LogP contribution in [0.4, 0.5) is 18.9 Å². The fourth-order valence-electron chi connectivity index (χ4n) is 6.26. The minimum Gasteiger partial charge on any atom is -0.341 e. The Morgan fingerprint density at radius 3 is 2.23 bits per heavy atom. The third-order valence-electron chi connectivity index (χ3n) is 8.62. The number of hydrogen-bond donors (Lipinski definition) is 0. The van der Waals surface area contributed by atoms with E-state index in [4.69, 9.17) is 0 Å². The van der Waals surface area contributed by atoms with Crippen LogP contribution in [0.3, 0.4) is 0 Å². The topological polar surface area (TPSA) is 79.7 Å². The molecular weight excluding hydrogens is 611 g/mol. The van der Waals surface area contributed by atoms with E-state index in [1.165, 1.54) is 16.7 Å². The van der Waals surface area contributed by atoms with E-state index in [1.54, 1.807) is 4.90 Å². The van der Waals surface area contributed by atoms with Crippen LogP contribution < -0.4 is 9.77 Å². The summed E-state index contributed by atoms with van der Waals surface area (Å²) in [6.45, 7) is 7.29. The van der Waals surface area contributed by atoms with E-state index < -0.39 is 40.6 Å². The molecule has 3 unspecified atom stereocenters. The van der Waals surface area contributed by atoms with Crippen molar-refractivity contribution >= 4 is 46.5 Å². The Hall–Kier alpha value is -3.38. The first-order valence-electron chi connectivity index (χ1n) is 14.6. The molecule has 3 amide bonds. The highest BCUT2D eigenvalue weighted by molar-refractivity contribution is 8.00. The number of halogens is 3. The zero-order valence-electron chi connectivity index (χ0n) is 24.5. The molecular formula is C32H32F3N3O4S2. The molecule has 3 atom stereocenters. The molecule has 3 aromatic rings. The lowest BCUT2D eigenvalue weighted by Gasteiger charge is -2.31. The molecule has 4 heterocycles. The van der Waals surface area contributed by atoms with Crippen molar-refractivity contribution < 1.29 is 27.6 Å². The second-order valence-corrected chi connectivity index (χ2v) is 14.7. The molecule has 2 fully saturated rings. The molecule has 12 heteroatoms. The lowest BCUT2D eigenvalue weighted by molar-refractivity contribution is -0.137. The summed E-state index contributed by atoms with van der Waals surface area (Å²) in [5.74, 6) is -3.07. The van der Waals surface area contributed by atoms with Gasteiger partial charge < -0.3 is 4.90 Å². The number of imide groups is 1. The Morgan fingerprint density at radius 2 is 1.59 bits per heavy atom. The number of carbonyl (C=O) groups is 3. The van der Waals surface area contributed by atoms with Crippen molar-refractivity contribution in [3.8, 4) is 0 Å². The fourth-order valence-corrected chi connectivity index (χ4v) is 9.03. The maximum atomic E-state index is 14.1. The molecule has 0 N–H and O–H groups in total. The monoisotopic (exact) mass is 643 g/mol. The Bertz CT molecular complexity index is 1680. The number of nitrogens with zero attached hydrogens (tertiary/aromatic N) is 3. The van der Waals surface area contributed by atoms with Crippen LogP contribution in [0.2, 0.25) is 0 Å². The predicted octanol–water partition coefficient (Wildman–Crippen LogP) is 6.03. The molecule has 1 aromatic heterocycles. The highest BCUT2D eigenvalue weighted by Crippen LogP contribution is 2.54. The Morgan fingerprint density at radius 1 is 0.909 bits per heavy atom. The third-order valence-corrected chi connectivity index (χ3v) is 11.2. The van der Waals surface area contributed by atoms with Gasteiger partial charge in [0.1, 0.15) is 11.8 Å². The van der Waals surface area contributed by atoms with Crippen LogP contribution in [0.1, 0.15) is 67.5 Å². The van der Waals surface area contributed by atoms with Crippen molar-refractivity contribution in [2.24, 2.45) is 5.92 Å². The van der Waals surface area contributed by atoms with Gasteiger partial charge in [-0.25, -0.2) is 4.90 Å². The van der Waals surface area contributed by atoms with Gasteiger partial charge in [0.25, 0.3) is 0 Å². The normalized spacial score (nSPS) is 22.3. The first-order valence-corrected chi connectivity index (χ1v) is 16.3. The summed E-state index contributed by atoms with van der Waals surface area (Å²) >= 11 is 2.02. The average molecular weight is 644 g/mol. The molecule has 232 valence electrons. The van der Waals surface area contributed by atoms with Gasteiger partial charge in [0.2, 0.25) is 17.7 Å². The van der Waals surface area contributed by atoms with Gasteiger partial charge >= 0.3 is 11.0 Å². The molecule has 0 bridgehead atoms. The molecule has 3 aliphatic rings. The molecule has 0 saturated carbocycles. The van der Waals surface area contributed by atoms with E-state index in [-0.39, 0.29) is 28.4 Å². The standard InChI is InChI=1S/C32H32F3N3O4S2/c1-31(2,3)19-12-10-18(11-13-19)23-24-25(28(41)38(27(24)40)21-9-7-8-20(16-21)32(33,34)35)43-29-26(23)44-30(42)37(29)17-22(39)36-14-5-4-6-15-36/h7-13,16,23-25H,4-6,14-15,17H2,1-3H3. The van der Waals surface area contributed by atoms with E-state index in [1.807, 2.05) is 24.3 Å². The van der Waals surface area contributed by atoms with Gasteiger partial charge in [-0.2, -0.15) is 13.2 Å². The van der Waals surface area contributed by atoms with Crippen molar-refractivity contribution in [2.45, 2.75) is 74.4 Å². The summed E-state index contributed by atoms with van der Waals surface area (Å²) in [5.41, 5.74) is 0.527. The number of piperidine rings is 1. The van der Waals surface area contributed by atoms with Crippen LogP contribution in [-0.4, -0.2) is 45.5 Å². The summed E-state index contributed by atoms with van der Waals surface area (Å²) in [7, 11) is 0. The van der Waals surface area contributed by atoms with Crippen molar-refractivity contribution in [2.75, 3.05) is 18.0 Å². The van der Waals surface area contributed by atoms with Gasteiger partial charge in [-0.15, -0.1) is 0 Å². The predicted molar refractivity (Wildman–Crippen MR) is 163 cm³/mol. The Balaban J connectivity index is 1.44. The maximum absolute atomic E-state index is 14.1. The highest BCUT2D eigenvalue weighted by atomic mass is 32.2. The van der Waals surface area contributed by atoms with Crippen molar-refractivity contribution in [3.63, 3.8) is 0 Å². The fraction of sp³-hybridized carbons (Fsp3) is 0.438. The summed E-state index contributed by atoms with van der Waals surface area (Å²) in [4.78, 5) is 57.5. The van der Waals surface area contributed by atoms with E-state index >= 15 is 0 Å². The second kappa shape index (κ2) is 11.2. The van der Waals surface area contributed by atoms with Crippen molar-refractivity contribution in [1.29, 1.82) is 0 Å². The molecule has 2 aromatic carbocycles. The van der Waals surface area contributed by atoms with Crippen LogP contribution in [0, 0.1) is 5.92 Å². The number of likely N-dealkylation sites (tertiary alicyclic amines) is 1. The number of rotatable bonds is 4. The number of thiazole rings is 1. The SMILES string of the molecule is CC(C)(C)c1ccc(C2c3sc(=O)n(CC(=O)N4CCCCC4)c3SC3C(=O)N(c4cccc(C(F)(F)F)c4)C(=O)C32)cc1. The number of carbonyl (C=O) groups excluding carboxylic acids is 3. The van der Waals surface area contributed by atoms with E-state index in [9.17, 15) is 32.3 Å². The van der Waals surface area contributed by atoms with Gasteiger partial charge in [0.05, 0.1) is 22.2 Å².